The summed E-state index contributed by atoms with van der Waals surface area (Å²) in [5, 5.41) is 7.39. The largest absolute Gasteiger partial charge is 0.360 e. The molecule has 3 heteroatoms. The highest BCUT2D eigenvalue weighted by molar-refractivity contribution is 7.80. The Morgan fingerprint density at radius 3 is 2.41 bits per heavy atom. The van der Waals surface area contributed by atoms with Crippen molar-refractivity contribution in [2.45, 2.75) is 45.1 Å². The van der Waals surface area contributed by atoms with Crippen LogP contribution in [-0.2, 0) is 0 Å². The van der Waals surface area contributed by atoms with Crippen molar-refractivity contribution < 1.29 is 0 Å². The number of thiocarbonyl (C=S) groups is 1. The lowest BCUT2D eigenvalue weighted by molar-refractivity contribution is 0.415. The number of anilines is 1. The lowest BCUT2D eigenvalue weighted by atomic mass is 9.96. The quantitative estimate of drug-likeness (QED) is 0.782. The Bertz CT molecular complexity index is 366. The molecule has 2 rings (SSSR count). The Morgan fingerprint density at radius 1 is 1.12 bits per heavy atom. The molecular weight excluding hydrogens is 228 g/mol. The average molecular weight is 248 g/mol. The SMILES string of the molecule is Cc1ccc(NC(=S)NC2CCCCC2)cc1. The van der Waals surface area contributed by atoms with Gasteiger partial charge in [-0.2, -0.15) is 0 Å². The molecule has 2 nitrogen and oxygen atoms in total. The molecule has 0 bridgehead atoms. The fourth-order valence-corrected chi connectivity index (χ4v) is 2.52. The average Bonchev–Trinajstić information content (AvgIpc) is 2.33. The van der Waals surface area contributed by atoms with E-state index in [-0.39, 0.29) is 0 Å². The molecule has 0 atom stereocenters. The van der Waals surface area contributed by atoms with Gasteiger partial charge in [0.15, 0.2) is 5.11 Å². The third-order valence-corrected chi connectivity index (χ3v) is 3.47. The van der Waals surface area contributed by atoms with Crippen molar-refractivity contribution in [3.05, 3.63) is 29.8 Å². The maximum absolute atomic E-state index is 5.33. The van der Waals surface area contributed by atoms with Gasteiger partial charge in [-0.3, -0.25) is 0 Å². The molecule has 0 spiro atoms. The van der Waals surface area contributed by atoms with Crippen molar-refractivity contribution in [2.75, 3.05) is 5.32 Å². The predicted octanol–water partition coefficient (Wildman–Crippen LogP) is 3.61. The van der Waals surface area contributed by atoms with E-state index >= 15 is 0 Å². The molecular formula is C14H20N2S. The monoisotopic (exact) mass is 248 g/mol. The van der Waals surface area contributed by atoms with E-state index < -0.39 is 0 Å². The standard InChI is InChI=1S/C14H20N2S/c1-11-7-9-13(10-8-11)16-14(17)15-12-5-3-2-4-6-12/h7-10,12H,2-6H2,1H3,(H2,15,16,17). The fraction of sp³-hybridized carbons (Fsp3) is 0.500. The molecule has 0 aliphatic heterocycles. The molecule has 17 heavy (non-hydrogen) atoms. The normalized spacial score (nSPS) is 16.5. The summed E-state index contributed by atoms with van der Waals surface area (Å²) < 4.78 is 0. The lowest BCUT2D eigenvalue weighted by Crippen LogP contribution is -2.38. The van der Waals surface area contributed by atoms with Crippen LogP contribution in [-0.4, -0.2) is 11.2 Å². The number of rotatable bonds is 2. The first-order chi connectivity index (χ1) is 8.24. The summed E-state index contributed by atoms with van der Waals surface area (Å²) >= 11 is 5.33. The van der Waals surface area contributed by atoms with Gasteiger partial charge in [0.05, 0.1) is 0 Å². The summed E-state index contributed by atoms with van der Waals surface area (Å²) in [7, 11) is 0. The minimum Gasteiger partial charge on any atom is -0.360 e. The summed E-state index contributed by atoms with van der Waals surface area (Å²) in [6.07, 6.45) is 6.51. The Hall–Kier alpha value is -1.09. The van der Waals surface area contributed by atoms with E-state index in [0.717, 1.165) is 10.8 Å². The van der Waals surface area contributed by atoms with Gasteiger partial charge in [-0.15, -0.1) is 0 Å². The van der Waals surface area contributed by atoms with Crippen LogP contribution in [0.5, 0.6) is 0 Å². The molecule has 1 aromatic carbocycles. The van der Waals surface area contributed by atoms with E-state index in [1.54, 1.807) is 0 Å². The van der Waals surface area contributed by atoms with Crippen LogP contribution in [0.3, 0.4) is 0 Å². The maximum atomic E-state index is 5.33. The van der Waals surface area contributed by atoms with E-state index in [9.17, 15) is 0 Å². The van der Waals surface area contributed by atoms with Gasteiger partial charge in [0.1, 0.15) is 0 Å². The molecule has 92 valence electrons. The molecule has 0 unspecified atom stereocenters. The van der Waals surface area contributed by atoms with Crippen LogP contribution >= 0.6 is 12.2 Å². The van der Waals surface area contributed by atoms with E-state index in [0.29, 0.717) is 6.04 Å². The van der Waals surface area contributed by atoms with Crippen molar-refractivity contribution in [3.8, 4) is 0 Å². The second kappa shape index (κ2) is 6.01. The van der Waals surface area contributed by atoms with Crippen LogP contribution in [0, 0.1) is 6.92 Å². The Morgan fingerprint density at radius 2 is 1.76 bits per heavy atom. The van der Waals surface area contributed by atoms with Gasteiger partial charge in [0.25, 0.3) is 0 Å². The van der Waals surface area contributed by atoms with Gasteiger partial charge in [-0.25, -0.2) is 0 Å². The van der Waals surface area contributed by atoms with Crippen LogP contribution in [0.4, 0.5) is 5.69 Å². The molecule has 0 saturated heterocycles. The first-order valence-corrected chi connectivity index (χ1v) is 6.79. The van der Waals surface area contributed by atoms with E-state index in [4.69, 9.17) is 12.2 Å². The van der Waals surface area contributed by atoms with Crippen LogP contribution in [0.25, 0.3) is 0 Å². The van der Waals surface area contributed by atoms with Crippen molar-refractivity contribution in [1.29, 1.82) is 0 Å². The first kappa shape index (κ1) is 12.4. The zero-order valence-corrected chi connectivity index (χ0v) is 11.1. The predicted molar refractivity (Wildman–Crippen MR) is 77.4 cm³/mol. The molecule has 2 N–H and O–H groups in total. The Labute approximate surface area is 109 Å². The van der Waals surface area contributed by atoms with Crippen LogP contribution in [0.1, 0.15) is 37.7 Å². The minimum absolute atomic E-state index is 0.564. The van der Waals surface area contributed by atoms with Crippen molar-refractivity contribution in [2.24, 2.45) is 0 Å². The Balaban J connectivity index is 1.82. The summed E-state index contributed by atoms with van der Waals surface area (Å²) in [5.41, 5.74) is 2.32. The highest BCUT2D eigenvalue weighted by Gasteiger charge is 2.13. The highest BCUT2D eigenvalue weighted by atomic mass is 32.1. The first-order valence-electron chi connectivity index (χ1n) is 6.38. The zero-order valence-electron chi connectivity index (χ0n) is 10.3. The second-order valence-corrected chi connectivity index (χ2v) is 5.21. The van der Waals surface area contributed by atoms with Crippen molar-refractivity contribution in [1.82, 2.24) is 5.32 Å². The van der Waals surface area contributed by atoms with E-state index in [1.807, 2.05) is 0 Å². The summed E-state index contributed by atoms with van der Waals surface area (Å²) in [5.74, 6) is 0. The van der Waals surface area contributed by atoms with E-state index in [2.05, 4.69) is 41.8 Å². The maximum Gasteiger partial charge on any atom is 0.170 e. The van der Waals surface area contributed by atoms with Gasteiger partial charge < -0.3 is 10.6 Å². The molecule has 1 saturated carbocycles. The van der Waals surface area contributed by atoms with Gasteiger partial charge in [-0.1, -0.05) is 37.0 Å². The zero-order chi connectivity index (χ0) is 12.1. The van der Waals surface area contributed by atoms with Gasteiger partial charge >= 0.3 is 0 Å². The molecule has 1 fully saturated rings. The molecule has 1 aliphatic rings. The lowest BCUT2D eigenvalue weighted by Gasteiger charge is -2.24. The molecule has 1 aliphatic carbocycles. The van der Waals surface area contributed by atoms with Gasteiger partial charge in [0, 0.05) is 11.7 Å². The van der Waals surface area contributed by atoms with Crippen LogP contribution in [0.15, 0.2) is 24.3 Å². The molecule has 0 amide bonds. The van der Waals surface area contributed by atoms with Crippen LogP contribution < -0.4 is 10.6 Å². The summed E-state index contributed by atoms with van der Waals surface area (Å²) in [4.78, 5) is 0. The number of nitrogens with one attached hydrogen (secondary N) is 2. The fourth-order valence-electron chi connectivity index (χ4n) is 2.24. The molecule has 0 heterocycles. The smallest absolute Gasteiger partial charge is 0.170 e. The number of hydrogen-bond acceptors (Lipinski definition) is 1. The third kappa shape index (κ3) is 4.00. The molecule has 0 radical (unpaired) electrons. The van der Waals surface area contributed by atoms with E-state index in [1.165, 1.54) is 37.7 Å². The molecule has 0 aromatic heterocycles. The summed E-state index contributed by atoms with van der Waals surface area (Å²) in [6.45, 7) is 2.09. The number of aryl methyl sites for hydroxylation is 1. The third-order valence-electron chi connectivity index (χ3n) is 3.25. The second-order valence-electron chi connectivity index (χ2n) is 4.80. The minimum atomic E-state index is 0.564. The van der Waals surface area contributed by atoms with Gasteiger partial charge in [-0.05, 0) is 44.1 Å². The molecule has 1 aromatic rings. The Kier molecular flexibility index (Phi) is 4.37. The highest BCUT2D eigenvalue weighted by Crippen LogP contribution is 2.17. The van der Waals surface area contributed by atoms with Crippen molar-refractivity contribution >= 4 is 23.0 Å². The topological polar surface area (TPSA) is 24.1 Å². The van der Waals surface area contributed by atoms with Crippen LogP contribution in [0.2, 0.25) is 0 Å². The number of hydrogen-bond donors (Lipinski definition) is 2. The summed E-state index contributed by atoms with van der Waals surface area (Å²) in [6, 6.07) is 8.86. The number of benzene rings is 1. The van der Waals surface area contributed by atoms with Crippen molar-refractivity contribution in [3.63, 3.8) is 0 Å². The van der Waals surface area contributed by atoms with Gasteiger partial charge in [0.2, 0.25) is 0 Å².